The molecule has 0 saturated heterocycles. The SMILES string of the molecule is C=C[Si](C)(Cl)OCCCC. The molecule has 10 heavy (non-hydrogen) atoms. The molecule has 3 heteroatoms. The first-order valence-corrected chi connectivity index (χ1v) is 7.08. The van der Waals surface area contributed by atoms with Crippen LogP contribution in [-0.2, 0) is 4.43 Å². The van der Waals surface area contributed by atoms with E-state index in [1.807, 2.05) is 6.55 Å². The average Bonchev–Trinajstić information content (AvgIpc) is 1.89. The molecule has 0 aliphatic carbocycles. The first-order chi connectivity index (χ1) is 4.62. The van der Waals surface area contributed by atoms with E-state index in [0.717, 1.165) is 19.4 Å². The molecule has 0 aromatic heterocycles. The Bertz CT molecular complexity index is 104. The van der Waals surface area contributed by atoms with Crippen LogP contribution in [0.1, 0.15) is 19.8 Å². The standard InChI is InChI=1S/C7H15ClOSi/c1-4-6-7-9-10(3,8)5-2/h5H,2,4,6-7H2,1,3H3. The third-order valence-electron chi connectivity index (χ3n) is 1.25. The highest BCUT2D eigenvalue weighted by atomic mass is 35.6. The van der Waals surface area contributed by atoms with E-state index in [0.29, 0.717) is 0 Å². The second-order valence-electron chi connectivity index (χ2n) is 2.39. The van der Waals surface area contributed by atoms with Crippen molar-refractivity contribution in [1.82, 2.24) is 0 Å². The molecule has 0 aliphatic heterocycles. The van der Waals surface area contributed by atoms with Crippen molar-refractivity contribution in [2.45, 2.75) is 26.3 Å². The lowest BCUT2D eigenvalue weighted by molar-refractivity contribution is 0.314. The Hall–Kier alpha value is 0.207. The van der Waals surface area contributed by atoms with Crippen LogP contribution in [0.15, 0.2) is 12.3 Å². The monoisotopic (exact) mass is 178 g/mol. The fourth-order valence-corrected chi connectivity index (χ4v) is 1.37. The van der Waals surface area contributed by atoms with Crippen LogP contribution >= 0.6 is 11.1 Å². The van der Waals surface area contributed by atoms with Gasteiger partial charge in [0.05, 0.1) is 0 Å². The van der Waals surface area contributed by atoms with Crippen LogP contribution in [-0.4, -0.2) is 14.2 Å². The molecule has 0 saturated carbocycles. The van der Waals surface area contributed by atoms with Crippen LogP contribution in [0.25, 0.3) is 0 Å². The molecule has 60 valence electrons. The van der Waals surface area contributed by atoms with Gasteiger partial charge in [-0.1, -0.05) is 19.0 Å². The summed E-state index contributed by atoms with van der Waals surface area (Å²) in [7, 11) is -1.98. The van der Waals surface area contributed by atoms with Crippen molar-refractivity contribution in [1.29, 1.82) is 0 Å². The Morgan fingerprint density at radius 3 is 2.70 bits per heavy atom. The van der Waals surface area contributed by atoms with E-state index >= 15 is 0 Å². The third-order valence-corrected chi connectivity index (χ3v) is 3.53. The number of hydrogen-bond acceptors (Lipinski definition) is 1. The van der Waals surface area contributed by atoms with Gasteiger partial charge in [0.25, 0.3) is 0 Å². The van der Waals surface area contributed by atoms with Crippen LogP contribution in [0.4, 0.5) is 0 Å². The molecule has 0 aliphatic rings. The zero-order chi connectivity index (χ0) is 8.04. The fraction of sp³-hybridized carbons (Fsp3) is 0.714. The molecule has 0 aromatic rings. The summed E-state index contributed by atoms with van der Waals surface area (Å²) < 4.78 is 5.41. The minimum Gasteiger partial charge on any atom is -0.400 e. The van der Waals surface area contributed by atoms with Gasteiger partial charge in [0, 0.05) is 6.61 Å². The molecule has 0 amide bonds. The highest BCUT2D eigenvalue weighted by Crippen LogP contribution is 2.11. The second kappa shape index (κ2) is 4.94. The predicted octanol–water partition coefficient (Wildman–Crippen LogP) is 2.84. The van der Waals surface area contributed by atoms with Crippen LogP contribution in [0.5, 0.6) is 0 Å². The Morgan fingerprint density at radius 2 is 2.30 bits per heavy atom. The normalized spacial score (nSPS) is 16.3. The Morgan fingerprint density at radius 1 is 1.70 bits per heavy atom. The molecule has 0 rings (SSSR count). The second-order valence-corrected chi connectivity index (χ2v) is 7.31. The lowest BCUT2D eigenvalue weighted by Crippen LogP contribution is -2.24. The van der Waals surface area contributed by atoms with Crippen molar-refractivity contribution in [2.24, 2.45) is 0 Å². The number of hydrogen-bond donors (Lipinski definition) is 0. The van der Waals surface area contributed by atoms with E-state index in [1.165, 1.54) is 0 Å². The van der Waals surface area contributed by atoms with Gasteiger partial charge in [0.15, 0.2) is 0 Å². The molecule has 0 aromatic carbocycles. The lowest BCUT2D eigenvalue weighted by atomic mass is 10.4. The van der Waals surface area contributed by atoms with E-state index in [2.05, 4.69) is 13.5 Å². The van der Waals surface area contributed by atoms with E-state index in [9.17, 15) is 0 Å². The summed E-state index contributed by atoms with van der Waals surface area (Å²) in [6.45, 7) is 8.45. The van der Waals surface area contributed by atoms with Crippen LogP contribution in [0.3, 0.4) is 0 Å². The summed E-state index contributed by atoms with van der Waals surface area (Å²) in [6.07, 6.45) is 2.24. The molecule has 0 fully saturated rings. The molecule has 0 heterocycles. The minimum absolute atomic E-state index is 0.773. The van der Waals surface area contributed by atoms with Crippen LogP contribution in [0.2, 0.25) is 6.55 Å². The Labute approximate surface area is 68.9 Å². The highest BCUT2D eigenvalue weighted by Gasteiger charge is 2.20. The maximum atomic E-state index is 5.96. The smallest absolute Gasteiger partial charge is 0.311 e. The zero-order valence-electron chi connectivity index (χ0n) is 6.69. The van der Waals surface area contributed by atoms with Gasteiger partial charge in [0.2, 0.25) is 0 Å². The fourth-order valence-electron chi connectivity index (χ4n) is 0.475. The maximum Gasteiger partial charge on any atom is 0.311 e. The summed E-state index contributed by atoms with van der Waals surface area (Å²) in [5.41, 5.74) is 1.74. The van der Waals surface area contributed by atoms with Gasteiger partial charge in [-0.25, -0.2) is 0 Å². The van der Waals surface area contributed by atoms with Crippen molar-refractivity contribution >= 4 is 18.7 Å². The van der Waals surface area contributed by atoms with Crippen molar-refractivity contribution in [3.8, 4) is 0 Å². The summed E-state index contributed by atoms with van der Waals surface area (Å²) in [5, 5.41) is 0. The van der Waals surface area contributed by atoms with Gasteiger partial charge < -0.3 is 4.43 Å². The number of halogens is 1. The first-order valence-electron chi connectivity index (χ1n) is 3.59. The molecule has 1 unspecified atom stereocenters. The summed E-state index contributed by atoms with van der Waals surface area (Å²) in [5.74, 6) is 0. The van der Waals surface area contributed by atoms with Gasteiger partial charge in [-0.2, -0.15) is 0 Å². The topological polar surface area (TPSA) is 9.23 Å². The zero-order valence-corrected chi connectivity index (χ0v) is 8.45. The van der Waals surface area contributed by atoms with Gasteiger partial charge in [-0.3, -0.25) is 0 Å². The van der Waals surface area contributed by atoms with E-state index in [-0.39, 0.29) is 0 Å². The molecular formula is C7H15ClOSi. The van der Waals surface area contributed by atoms with Crippen LogP contribution in [0, 0.1) is 0 Å². The molecule has 0 bridgehead atoms. The molecule has 0 N–H and O–H groups in total. The van der Waals surface area contributed by atoms with Crippen molar-refractivity contribution in [3.05, 3.63) is 12.3 Å². The molecule has 1 nitrogen and oxygen atoms in total. The summed E-state index contributed by atoms with van der Waals surface area (Å²) in [4.78, 5) is 0. The number of unbranched alkanes of at least 4 members (excludes halogenated alkanes) is 1. The van der Waals surface area contributed by atoms with Crippen molar-refractivity contribution in [2.75, 3.05) is 6.61 Å². The first kappa shape index (κ1) is 10.2. The quantitative estimate of drug-likeness (QED) is 0.358. The molecule has 1 atom stereocenters. The molecular weight excluding hydrogens is 164 g/mol. The summed E-state index contributed by atoms with van der Waals surface area (Å²) >= 11 is 5.96. The van der Waals surface area contributed by atoms with Gasteiger partial charge in [-0.05, 0) is 13.0 Å². The highest BCUT2D eigenvalue weighted by molar-refractivity contribution is 7.18. The van der Waals surface area contributed by atoms with Crippen LogP contribution < -0.4 is 0 Å². The van der Waals surface area contributed by atoms with Gasteiger partial charge in [0.1, 0.15) is 0 Å². The number of rotatable bonds is 5. The van der Waals surface area contributed by atoms with E-state index < -0.39 is 7.63 Å². The third kappa shape index (κ3) is 5.03. The van der Waals surface area contributed by atoms with E-state index in [1.54, 1.807) is 5.70 Å². The van der Waals surface area contributed by atoms with E-state index in [4.69, 9.17) is 15.5 Å². The lowest BCUT2D eigenvalue weighted by Gasteiger charge is -2.14. The molecule has 0 spiro atoms. The Kier molecular flexibility index (Phi) is 5.04. The summed E-state index contributed by atoms with van der Waals surface area (Å²) in [6, 6.07) is 0. The average molecular weight is 179 g/mol. The maximum absolute atomic E-state index is 5.96. The van der Waals surface area contributed by atoms with Crippen molar-refractivity contribution in [3.63, 3.8) is 0 Å². The van der Waals surface area contributed by atoms with Crippen molar-refractivity contribution < 1.29 is 4.43 Å². The predicted molar refractivity (Wildman–Crippen MR) is 48.5 cm³/mol. The molecule has 0 radical (unpaired) electrons. The van der Waals surface area contributed by atoms with Gasteiger partial charge >= 0.3 is 7.63 Å². The van der Waals surface area contributed by atoms with Gasteiger partial charge in [-0.15, -0.1) is 17.7 Å². The largest absolute Gasteiger partial charge is 0.400 e. The minimum atomic E-state index is -1.98. The Balaban J connectivity index is 3.37.